The molecule has 1 amide bonds. The summed E-state index contributed by atoms with van der Waals surface area (Å²) in [7, 11) is -5.83. The van der Waals surface area contributed by atoms with Crippen LogP contribution in [-0.2, 0) is 10.1 Å². The van der Waals surface area contributed by atoms with Crippen molar-refractivity contribution in [1.82, 2.24) is 15.1 Å². The van der Waals surface area contributed by atoms with Crippen LogP contribution in [0.25, 0.3) is 0 Å². The van der Waals surface area contributed by atoms with Gasteiger partial charge in [-0.2, -0.15) is 21.6 Å². The SMILES string of the molecule is C=CCN1C[C@](C)([C@H](c2ccc(C(=O)N(CC)CC)cc2)c2cccc(OS(=O)(=O)C(F)(F)F)c2)NC[C@H]1C. The molecule has 0 unspecified atom stereocenters. The number of nitrogens with zero attached hydrogens (tertiary/aromatic N) is 2. The highest BCUT2D eigenvalue weighted by molar-refractivity contribution is 7.88. The van der Waals surface area contributed by atoms with Gasteiger partial charge in [0, 0.05) is 55.8 Å². The third-order valence-corrected chi connectivity index (χ3v) is 8.16. The first-order valence-corrected chi connectivity index (χ1v) is 14.3. The molecule has 0 radical (unpaired) electrons. The van der Waals surface area contributed by atoms with Crippen LogP contribution in [0, 0.1) is 0 Å². The quantitative estimate of drug-likeness (QED) is 0.253. The van der Waals surface area contributed by atoms with E-state index in [1.54, 1.807) is 23.1 Å². The van der Waals surface area contributed by atoms with E-state index in [-0.39, 0.29) is 11.9 Å². The van der Waals surface area contributed by atoms with Crippen LogP contribution in [-0.4, -0.2) is 73.9 Å². The van der Waals surface area contributed by atoms with Crippen molar-refractivity contribution < 1.29 is 30.6 Å². The fraction of sp³-hybridized carbons (Fsp3) is 0.464. The van der Waals surface area contributed by atoms with Crippen molar-refractivity contribution in [2.24, 2.45) is 0 Å². The van der Waals surface area contributed by atoms with Crippen LogP contribution in [0.3, 0.4) is 0 Å². The average Bonchev–Trinajstić information content (AvgIpc) is 2.87. The summed E-state index contributed by atoms with van der Waals surface area (Å²) >= 11 is 0. The Bertz CT molecular complexity index is 1260. The molecule has 7 nitrogen and oxygen atoms in total. The van der Waals surface area contributed by atoms with E-state index in [0.717, 1.165) is 5.56 Å². The lowest BCUT2D eigenvalue weighted by atomic mass is 9.74. The number of carbonyl (C=O) groups excluding carboxylic acids is 1. The Morgan fingerprint density at radius 1 is 1.21 bits per heavy atom. The van der Waals surface area contributed by atoms with Gasteiger partial charge in [-0.1, -0.05) is 30.3 Å². The zero-order valence-corrected chi connectivity index (χ0v) is 23.5. The van der Waals surface area contributed by atoms with Crippen molar-refractivity contribution >= 4 is 16.0 Å². The molecule has 39 heavy (non-hydrogen) atoms. The summed E-state index contributed by atoms with van der Waals surface area (Å²) in [6.07, 6.45) is 1.82. The van der Waals surface area contributed by atoms with Gasteiger partial charge in [-0.3, -0.25) is 9.69 Å². The zero-order valence-electron chi connectivity index (χ0n) is 22.7. The van der Waals surface area contributed by atoms with Crippen LogP contribution < -0.4 is 9.50 Å². The Morgan fingerprint density at radius 3 is 2.41 bits per heavy atom. The van der Waals surface area contributed by atoms with E-state index in [0.29, 0.717) is 43.9 Å². The lowest BCUT2D eigenvalue weighted by Gasteiger charge is -2.49. The number of amides is 1. The van der Waals surface area contributed by atoms with E-state index in [1.165, 1.54) is 18.2 Å². The Balaban J connectivity index is 2.08. The fourth-order valence-electron chi connectivity index (χ4n) is 5.11. The Morgan fingerprint density at radius 2 is 1.85 bits per heavy atom. The van der Waals surface area contributed by atoms with Crippen molar-refractivity contribution in [3.05, 3.63) is 77.9 Å². The predicted molar refractivity (Wildman–Crippen MR) is 145 cm³/mol. The lowest BCUT2D eigenvalue weighted by molar-refractivity contribution is -0.0500. The molecule has 0 aliphatic carbocycles. The fourth-order valence-corrected chi connectivity index (χ4v) is 5.56. The average molecular weight is 568 g/mol. The van der Waals surface area contributed by atoms with Crippen molar-refractivity contribution in [3.63, 3.8) is 0 Å². The van der Waals surface area contributed by atoms with Gasteiger partial charge in [0.15, 0.2) is 0 Å². The molecule has 2 aromatic rings. The van der Waals surface area contributed by atoms with Gasteiger partial charge >= 0.3 is 15.6 Å². The van der Waals surface area contributed by atoms with E-state index < -0.39 is 32.8 Å². The molecule has 1 saturated heterocycles. The Kier molecular flexibility index (Phi) is 9.51. The second kappa shape index (κ2) is 12.1. The van der Waals surface area contributed by atoms with E-state index in [9.17, 15) is 26.4 Å². The van der Waals surface area contributed by atoms with Gasteiger partial charge in [0.05, 0.1) is 0 Å². The normalized spacial score (nSPS) is 21.3. The summed E-state index contributed by atoms with van der Waals surface area (Å²) in [5, 5.41) is 3.61. The third-order valence-electron chi connectivity index (χ3n) is 7.18. The van der Waals surface area contributed by atoms with Gasteiger partial charge in [0.1, 0.15) is 5.75 Å². The van der Waals surface area contributed by atoms with Crippen LogP contribution in [0.2, 0.25) is 0 Å². The first-order chi connectivity index (χ1) is 18.3. The Labute approximate surface area is 228 Å². The maximum atomic E-state index is 13.0. The number of piperazine rings is 1. The van der Waals surface area contributed by atoms with Crippen molar-refractivity contribution in [2.75, 3.05) is 32.7 Å². The molecule has 2 aromatic carbocycles. The topological polar surface area (TPSA) is 79.0 Å². The van der Waals surface area contributed by atoms with Crippen molar-refractivity contribution in [1.29, 1.82) is 0 Å². The monoisotopic (exact) mass is 567 g/mol. The first kappa shape index (κ1) is 30.6. The summed E-state index contributed by atoms with van der Waals surface area (Å²) in [5.74, 6) is -0.949. The molecule has 1 aliphatic heterocycles. The number of hydrogen-bond acceptors (Lipinski definition) is 6. The molecule has 0 bridgehead atoms. The molecule has 214 valence electrons. The van der Waals surface area contributed by atoms with Gasteiger partial charge in [-0.15, -0.1) is 6.58 Å². The highest BCUT2D eigenvalue weighted by atomic mass is 32.2. The lowest BCUT2D eigenvalue weighted by Crippen LogP contribution is -2.64. The maximum Gasteiger partial charge on any atom is 0.534 e. The molecule has 11 heteroatoms. The molecular formula is C28H36F3N3O4S. The van der Waals surface area contributed by atoms with Crippen LogP contribution in [0.5, 0.6) is 5.75 Å². The number of alkyl halides is 3. The summed E-state index contributed by atoms with van der Waals surface area (Å²) in [4.78, 5) is 16.8. The molecule has 3 rings (SSSR count). The standard InChI is InChI=1S/C28H36F3N3O4S/c1-6-16-34-19-27(5,32-18-20(34)4)25(21-12-14-22(15-13-21)26(35)33(7-2)8-3)23-10-9-11-24(17-23)38-39(36,37)28(29,30)31/h6,9-15,17,20,25,32H,1,7-8,16,18-19H2,2-5H3/t20-,25-,27-/m1/s1. The molecular weight excluding hydrogens is 531 g/mol. The minimum atomic E-state index is -5.83. The minimum absolute atomic E-state index is 0.0937. The molecule has 0 aromatic heterocycles. The number of hydrogen-bond donors (Lipinski definition) is 1. The highest BCUT2D eigenvalue weighted by Gasteiger charge is 2.49. The summed E-state index contributed by atoms with van der Waals surface area (Å²) in [6.45, 7) is 14.8. The van der Waals surface area contributed by atoms with E-state index >= 15 is 0 Å². The summed E-state index contributed by atoms with van der Waals surface area (Å²) in [5.41, 5.74) is -4.26. The molecule has 1 aliphatic rings. The van der Waals surface area contributed by atoms with Gasteiger partial charge in [-0.25, -0.2) is 0 Å². The number of halogens is 3. The van der Waals surface area contributed by atoms with Crippen molar-refractivity contribution in [2.45, 2.75) is 50.7 Å². The molecule has 3 atom stereocenters. The van der Waals surface area contributed by atoms with Gasteiger partial charge in [0.2, 0.25) is 0 Å². The second-order valence-electron chi connectivity index (χ2n) is 9.95. The number of nitrogens with one attached hydrogen (secondary N) is 1. The van der Waals surface area contributed by atoms with Gasteiger partial charge in [0.25, 0.3) is 5.91 Å². The number of rotatable bonds is 10. The first-order valence-electron chi connectivity index (χ1n) is 12.9. The second-order valence-corrected chi connectivity index (χ2v) is 11.5. The molecule has 1 heterocycles. The van der Waals surface area contributed by atoms with E-state index in [1.807, 2.05) is 39.0 Å². The minimum Gasteiger partial charge on any atom is -0.376 e. The van der Waals surface area contributed by atoms with Gasteiger partial charge in [-0.05, 0) is 63.1 Å². The molecule has 1 N–H and O–H groups in total. The smallest absolute Gasteiger partial charge is 0.376 e. The predicted octanol–water partition coefficient (Wildman–Crippen LogP) is 4.77. The van der Waals surface area contributed by atoms with Crippen LogP contribution in [0.15, 0.2) is 61.2 Å². The largest absolute Gasteiger partial charge is 0.534 e. The Hall–Kier alpha value is -2.89. The summed E-state index contributed by atoms with van der Waals surface area (Å²) < 4.78 is 66.8. The molecule has 1 fully saturated rings. The highest BCUT2D eigenvalue weighted by Crippen LogP contribution is 2.39. The summed E-state index contributed by atoms with van der Waals surface area (Å²) in [6, 6.07) is 13.1. The molecule has 0 spiro atoms. The van der Waals surface area contributed by atoms with E-state index in [2.05, 4.69) is 27.9 Å². The van der Waals surface area contributed by atoms with Crippen LogP contribution >= 0.6 is 0 Å². The third kappa shape index (κ3) is 6.82. The van der Waals surface area contributed by atoms with E-state index in [4.69, 9.17) is 0 Å². The van der Waals surface area contributed by atoms with Crippen LogP contribution in [0.1, 0.15) is 55.1 Å². The number of benzene rings is 2. The zero-order chi connectivity index (χ0) is 29.0. The van der Waals surface area contributed by atoms with Crippen LogP contribution in [0.4, 0.5) is 13.2 Å². The maximum absolute atomic E-state index is 13.0. The molecule has 0 saturated carbocycles. The number of carbonyl (C=O) groups is 1. The van der Waals surface area contributed by atoms with Crippen molar-refractivity contribution in [3.8, 4) is 5.75 Å². The van der Waals surface area contributed by atoms with Gasteiger partial charge < -0.3 is 14.4 Å².